The molecule has 0 fully saturated rings. The minimum absolute atomic E-state index is 0.00122. The Labute approximate surface area is 307 Å². The van der Waals surface area contributed by atoms with E-state index in [0.717, 1.165) is 63.9 Å². The number of hydrogen-bond donors (Lipinski definition) is 0. The highest BCUT2D eigenvalue weighted by Gasteiger charge is 2.18. The van der Waals surface area contributed by atoms with Gasteiger partial charge in [-0.3, -0.25) is 14.4 Å². The van der Waals surface area contributed by atoms with Crippen molar-refractivity contribution in [3.8, 4) is 0 Å². The van der Waals surface area contributed by atoms with Gasteiger partial charge >= 0.3 is 11.9 Å². The van der Waals surface area contributed by atoms with Crippen molar-refractivity contribution in [2.24, 2.45) is 0 Å². The summed E-state index contributed by atoms with van der Waals surface area (Å²) in [5.41, 5.74) is 0. The van der Waals surface area contributed by atoms with Gasteiger partial charge in [0.15, 0.2) is 0 Å². The molecule has 0 aromatic carbocycles. The van der Waals surface area contributed by atoms with E-state index in [9.17, 15) is 14.4 Å². The molecule has 0 rings (SSSR count). The van der Waals surface area contributed by atoms with Crippen LogP contribution in [0.5, 0.6) is 0 Å². The summed E-state index contributed by atoms with van der Waals surface area (Å²) in [6, 6.07) is 0. The number of carbonyl (C=O) groups is 3. The monoisotopic (exact) mass is 711 g/mol. The third-order valence-corrected chi connectivity index (χ3v) is 10.2. The summed E-state index contributed by atoms with van der Waals surface area (Å²) in [6.07, 6.45) is 28.0. The lowest BCUT2D eigenvalue weighted by atomic mass is 10.0. The van der Waals surface area contributed by atoms with Crippen LogP contribution in [0.2, 0.25) is 0 Å². The van der Waals surface area contributed by atoms with Crippen molar-refractivity contribution >= 4 is 28.9 Å². The van der Waals surface area contributed by atoms with Crippen molar-refractivity contribution < 1.29 is 23.9 Å². The predicted octanol–water partition coefficient (Wildman–Crippen LogP) is 11.5. The highest BCUT2D eigenvalue weighted by Crippen LogP contribution is 2.18. The molecular weight excluding hydrogens is 633 g/mol. The van der Waals surface area contributed by atoms with Crippen molar-refractivity contribution in [2.75, 3.05) is 45.1 Å². The van der Waals surface area contributed by atoms with E-state index in [2.05, 4.69) is 45.6 Å². The molecule has 0 aliphatic carbocycles. The van der Waals surface area contributed by atoms with Crippen LogP contribution in [0.15, 0.2) is 12.2 Å². The van der Waals surface area contributed by atoms with E-state index < -0.39 is 0 Å². The molecule has 0 saturated carbocycles. The third kappa shape index (κ3) is 31.0. The van der Waals surface area contributed by atoms with Gasteiger partial charge in [-0.1, -0.05) is 136 Å². The topological polar surface area (TPSA) is 76.1 Å². The summed E-state index contributed by atoms with van der Waals surface area (Å²) in [7, 11) is 0. The first kappa shape index (κ1) is 47.5. The van der Waals surface area contributed by atoms with Gasteiger partial charge in [-0.25, -0.2) is 0 Å². The van der Waals surface area contributed by atoms with Gasteiger partial charge in [0, 0.05) is 31.7 Å². The SMILES string of the molecule is CCCCCC/C=C\COC(=O)CCCN(CCCC(=O)OC(CCCCCCC)CCCCCCCC)C(=O)SCCCN(CC)CC. The second-order valence-electron chi connectivity index (χ2n) is 13.6. The summed E-state index contributed by atoms with van der Waals surface area (Å²) < 4.78 is 11.4. The number of ether oxygens (including phenoxy) is 2. The number of unbranched alkanes of at least 4 members (excludes halogenated alkanes) is 13. The predicted molar refractivity (Wildman–Crippen MR) is 210 cm³/mol. The Bertz CT molecular complexity index is 805. The van der Waals surface area contributed by atoms with Crippen LogP contribution in [0.3, 0.4) is 0 Å². The Morgan fingerprint density at radius 3 is 1.69 bits per heavy atom. The molecule has 288 valence electrons. The average Bonchev–Trinajstić information content (AvgIpc) is 3.09. The molecule has 0 aliphatic rings. The van der Waals surface area contributed by atoms with Crippen LogP contribution in [0, 0.1) is 0 Å². The first-order valence-electron chi connectivity index (χ1n) is 20.6. The third-order valence-electron chi connectivity index (χ3n) is 9.15. The van der Waals surface area contributed by atoms with Crippen LogP contribution >= 0.6 is 11.8 Å². The van der Waals surface area contributed by atoms with Crippen molar-refractivity contribution in [3.05, 3.63) is 12.2 Å². The number of rotatable bonds is 35. The number of esters is 2. The molecule has 1 unspecified atom stereocenters. The van der Waals surface area contributed by atoms with E-state index in [1.54, 1.807) is 0 Å². The molecule has 0 saturated heterocycles. The lowest BCUT2D eigenvalue weighted by molar-refractivity contribution is -0.150. The standard InChI is InChI=1S/C41H78N2O5S/c1-6-11-14-17-19-22-25-36-47-39(44)31-26-34-43(41(46)49-37-28-33-42(9-4)10-5)35-27-32-40(45)48-38(29-23-20-16-13-8-3)30-24-21-18-15-12-7-2/h22,25,38H,6-21,23-24,26-37H2,1-5H3/b25-22-. The molecule has 0 spiro atoms. The van der Waals surface area contributed by atoms with Gasteiger partial charge in [0.2, 0.25) is 0 Å². The molecule has 49 heavy (non-hydrogen) atoms. The molecule has 8 heteroatoms. The molecule has 0 heterocycles. The van der Waals surface area contributed by atoms with Crippen LogP contribution in [0.4, 0.5) is 4.79 Å². The van der Waals surface area contributed by atoms with Gasteiger partial charge in [-0.2, -0.15) is 0 Å². The summed E-state index contributed by atoms with van der Waals surface area (Å²) >= 11 is 1.35. The van der Waals surface area contributed by atoms with Gasteiger partial charge in [0.1, 0.15) is 12.7 Å². The lowest BCUT2D eigenvalue weighted by Crippen LogP contribution is -2.31. The quantitative estimate of drug-likeness (QED) is 0.0368. The van der Waals surface area contributed by atoms with Gasteiger partial charge in [0.25, 0.3) is 5.24 Å². The van der Waals surface area contributed by atoms with Crippen LogP contribution in [-0.4, -0.2) is 78.2 Å². The minimum Gasteiger partial charge on any atom is -0.462 e. The minimum atomic E-state index is -0.232. The van der Waals surface area contributed by atoms with Gasteiger partial charge in [0.05, 0.1) is 0 Å². The molecule has 0 aliphatic heterocycles. The summed E-state index contributed by atoms with van der Waals surface area (Å²) in [5, 5.41) is 0.0281. The van der Waals surface area contributed by atoms with E-state index in [-0.39, 0.29) is 29.7 Å². The number of hydrogen-bond acceptors (Lipinski definition) is 7. The van der Waals surface area contributed by atoms with E-state index in [0.29, 0.717) is 39.0 Å². The fourth-order valence-corrected chi connectivity index (χ4v) is 6.74. The molecule has 1 atom stereocenters. The Kier molecular flexibility index (Phi) is 35.1. The smallest absolute Gasteiger partial charge is 0.306 e. The van der Waals surface area contributed by atoms with Crippen LogP contribution in [0.1, 0.15) is 182 Å². The number of thioether (sulfide) groups is 1. The van der Waals surface area contributed by atoms with Gasteiger partial charge in [-0.05, 0) is 77.4 Å². The van der Waals surface area contributed by atoms with E-state index in [1.165, 1.54) is 95.2 Å². The molecular formula is C41H78N2O5S. The van der Waals surface area contributed by atoms with Crippen LogP contribution in [0.25, 0.3) is 0 Å². The van der Waals surface area contributed by atoms with Crippen molar-refractivity contribution in [1.82, 2.24) is 9.80 Å². The number of carbonyl (C=O) groups excluding carboxylic acids is 3. The summed E-state index contributed by atoms with van der Waals surface area (Å²) in [5.74, 6) is 0.384. The number of amides is 1. The first-order chi connectivity index (χ1) is 23.9. The molecule has 0 N–H and O–H groups in total. The second-order valence-corrected chi connectivity index (χ2v) is 14.6. The number of allylic oxidation sites excluding steroid dienone is 1. The van der Waals surface area contributed by atoms with Gasteiger partial charge < -0.3 is 19.3 Å². The average molecular weight is 711 g/mol. The van der Waals surface area contributed by atoms with Gasteiger partial charge in [-0.15, -0.1) is 0 Å². The maximum atomic E-state index is 13.2. The van der Waals surface area contributed by atoms with Crippen molar-refractivity contribution in [1.29, 1.82) is 0 Å². The first-order valence-corrected chi connectivity index (χ1v) is 21.5. The molecule has 1 amide bonds. The van der Waals surface area contributed by atoms with E-state index in [1.807, 2.05) is 11.0 Å². The summed E-state index contributed by atoms with van der Waals surface area (Å²) in [6.45, 7) is 15.3. The Balaban J connectivity index is 4.87. The second kappa shape index (κ2) is 36.3. The Morgan fingerprint density at radius 1 is 0.592 bits per heavy atom. The largest absolute Gasteiger partial charge is 0.462 e. The lowest BCUT2D eigenvalue weighted by Gasteiger charge is -2.23. The molecule has 0 aromatic rings. The molecule has 0 bridgehead atoms. The molecule has 0 aromatic heterocycles. The fourth-order valence-electron chi connectivity index (χ4n) is 5.92. The van der Waals surface area contributed by atoms with Crippen molar-refractivity contribution in [2.45, 2.75) is 188 Å². The van der Waals surface area contributed by atoms with Crippen molar-refractivity contribution in [3.63, 3.8) is 0 Å². The van der Waals surface area contributed by atoms with E-state index >= 15 is 0 Å². The number of nitrogens with zero attached hydrogens (tertiary/aromatic N) is 2. The molecule has 0 radical (unpaired) electrons. The zero-order chi connectivity index (χ0) is 36.2. The maximum absolute atomic E-state index is 13.2. The van der Waals surface area contributed by atoms with Crippen LogP contribution < -0.4 is 0 Å². The maximum Gasteiger partial charge on any atom is 0.306 e. The summed E-state index contributed by atoms with van der Waals surface area (Å²) in [4.78, 5) is 42.7. The zero-order valence-electron chi connectivity index (χ0n) is 32.8. The normalized spacial score (nSPS) is 12.1. The highest BCUT2D eigenvalue weighted by molar-refractivity contribution is 8.13. The highest BCUT2D eigenvalue weighted by atomic mass is 32.2. The fraction of sp³-hybridized carbons (Fsp3) is 0.878. The Hall–Kier alpha value is -1.54. The molecule has 7 nitrogen and oxygen atoms in total. The zero-order valence-corrected chi connectivity index (χ0v) is 33.6. The van der Waals surface area contributed by atoms with Crippen LogP contribution in [-0.2, 0) is 19.1 Å². The van der Waals surface area contributed by atoms with E-state index in [4.69, 9.17) is 9.47 Å². The Morgan fingerprint density at radius 2 is 1.12 bits per heavy atom.